The predicted octanol–water partition coefficient (Wildman–Crippen LogP) is 3.90. The number of aliphatic hydroxyl groups is 1. The maximum absolute atomic E-state index is 9.54. The summed E-state index contributed by atoms with van der Waals surface area (Å²) < 4.78 is 17.5. The number of aliphatic hydroxyl groups excluding tert-OH is 1. The molecule has 0 amide bonds. The van der Waals surface area contributed by atoms with Crippen molar-refractivity contribution in [2.45, 2.75) is 26.6 Å². The highest BCUT2D eigenvalue weighted by atomic mass is 79.9. The minimum absolute atomic E-state index is 0.0210. The van der Waals surface area contributed by atoms with Crippen molar-refractivity contribution in [3.8, 4) is 17.2 Å². The van der Waals surface area contributed by atoms with Gasteiger partial charge in [-0.15, -0.1) is 0 Å². The third kappa shape index (κ3) is 3.09. The fourth-order valence-electron chi connectivity index (χ4n) is 2.22. The zero-order valence-corrected chi connectivity index (χ0v) is 14.2. The Kier molecular flexibility index (Phi) is 4.96. The van der Waals surface area contributed by atoms with E-state index in [1.54, 1.807) is 14.2 Å². The van der Waals surface area contributed by atoms with E-state index in [2.05, 4.69) is 15.9 Å². The number of fused-ring (bicyclic) bond motifs is 1. The molecule has 0 fully saturated rings. The van der Waals surface area contributed by atoms with Crippen molar-refractivity contribution in [2.75, 3.05) is 14.2 Å². The summed E-state index contributed by atoms with van der Waals surface area (Å²) >= 11 is 3.54. The van der Waals surface area contributed by atoms with Crippen LogP contribution in [0.4, 0.5) is 0 Å². The Morgan fingerprint density at radius 1 is 1.10 bits per heavy atom. The average molecular weight is 355 g/mol. The minimum Gasteiger partial charge on any atom is -0.497 e. The lowest BCUT2D eigenvalue weighted by Crippen LogP contribution is -2.07. The lowest BCUT2D eigenvalue weighted by molar-refractivity contribution is 0.242. The number of rotatable bonds is 5. The van der Waals surface area contributed by atoms with Crippen LogP contribution in [0.1, 0.15) is 19.4 Å². The van der Waals surface area contributed by atoms with Gasteiger partial charge in [0.1, 0.15) is 17.2 Å². The molecule has 114 valence electrons. The van der Waals surface area contributed by atoms with Crippen LogP contribution >= 0.6 is 15.9 Å². The van der Waals surface area contributed by atoms with Gasteiger partial charge in [-0.25, -0.2) is 0 Å². The molecular weight excluding hydrogens is 336 g/mol. The van der Waals surface area contributed by atoms with E-state index in [1.807, 2.05) is 32.0 Å². The SMILES string of the molecule is COc1cc(OC)c2c(OC(C)C)cc(CO)c(Br)c2c1. The molecule has 0 radical (unpaired) electrons. The molecule has 5 heteroatoms. The van der Waals surface area contributed by atoms with Gasteiger partial charge in [-0.2, -0.15) is 0 Å². The van der Waals surface area contributed by atoms with Crippen molar-refractivity contribution < 1.29 is 19.3 Å². The van der Waals surface area contributed by atoms with Gasteiger partial charge in [0.15, 0.2) is 0 Å². The van der Waals surface area contributed by atoms with Crippen molar-refractivity contribution in [3.05, 3.63) is 28.2 Å². The number of hydrogen-bond donors (Lipinski definition) is 1. The van der Waals surface area contributed by atoms with Crippen molar-refractivity contribution in [1.82, 2.24) is 0 Å². The van der Waals surface area contributed by atoms with Gasteiger partial charge in [0.05, 0.1) is 32.3 Å². The van der Waals surface area contributed by atoms with Gasteiger partial charge in [0.25, 0.3) is 0 Å². The van der Waals surface area contributed by atoms with E-state index in [4.69, 9.17) is 14.2 Å². The highest BCUT2D eigenvalue weighted by Gasteiger charge is 2.17. The van der Waals surface area contributed by atoms with Gasteiger partial charge in [0, 0.05) is 15.9 Å². The van der Waals surface area contributed by atoms with E-state index in [1.165, 1.54) is 0 Å². The number of hydrogen-bond acceptors (Lipinski definition) is 4. The molecule has 21 heavy (non-hydrogen) atoms. The number of methoxy groups -OCH3 is 2. The normalized spacial score (nSPS) is 11.0. The van der Waals surface area contributed by atoms with Crippen LogP contribution in [-0.4, -0.2) is 25.4 Å². The number of halogens is 1. The molecule has 0 spiro atoms. The van der Waals surface area contributed by atoms with Crippen molar-refractivity contribution >= 4 is 26.7 Å². The molecule has 0 unspecified atom stereocenters. The van der Waals surface area contributed by atoms with E-state index in [0.717, 1.165) is 20.8 Å². The second kappa shape index (κ2) is 6.54. The highest BCUT2D eigenvalue weighted by Crippen LogP contribution is 2.43. The van der Waals surface area contributed by atoms with Crippen LogP contribution in [-0.2, 0) is 6.61 Å². The first-order chi connectivity index (χ1) is 10.0. The van der Waals surface area contributed by atoms with Gasteiger partial charge in [0.2, 0.25) is 0 Å². The van der Waals surface area contributed by atoms with Crippen LogP contribution in [0.2, 0.25) is 0 Å². The molecule has 0 aliphatic heterocycles. The van der Waals surface area contributed by atoms with Gasteiger partial charge in [-0.05, 0) is 47.5 Å². The molecule has 1 N–H and O–H groups in total. The van der Waals surface area contributed by atoms with Crippen LogP contribution in [0.15, 0.2) is 22.7 Å². The summed E-state index contributed by atoms with van der Waals surface area (Å²) in [5.74, 6) is 2.04. The highest BCUT2D eigenvalue weighted by molar-refractivity contribution is 9.10. The van der Waals surface area contributed by atoms with Crippen LogP contribution in [0, 0.1) is 0 Å². The zero-order valence-electron chi connectivity index (χ0n) is 12.6. The van der Waals surface area contributed by atoms with Crippen LogP contribution < -0.4 is 14.2 Å². The molecule has 0 aliphatic carbocycles. The van der Waals surface area contributed by atoms with Crippen LogP contribution in [0.3, 0.4) is 0 Å². The molecule has 2 rings (SSSR count). The summed E-state index contributed by atoms with van der Waals surface area (Å²) in [6.07, 6.45) is 0.0210. The third-order valence-corrected chi connectivity index (χ3v) is 4.07. The lowest BCUT2D eigenvalue weighted by atomic mass is 10.0. The van der Waals surface area contributed by atoms with Gasteiger partial charge < -0.3 is 19.3 Å². The first kappa shape index (κ1) is 15.9. The van der Waals surface area contributed by atoms with E-state index >= 15 is 0 Å². The summed E-state index contributed by atoms with van der Waals surface area (Å²) in [4.78, 5) is 0. The number of benzene rings is 2. The molecule has 0 heterocycles. The second-order valence-corrected chi connectivity index (χ2v) is 5.72. The maximum Gasteiger partial charge on any atom is 0.134 e. The molecule has 0 saturated carbocycles. The maximum atomic E-state index is 9.54. The van der Waals surface area contributed by atoms with Crippen molar-refractivity contribution in [2.24, 2.45) is 0 Å². The molecular formula is C16H19BrO4. The van der Waals surface area contributed by atoms with E-state index in [9.17, 15) is 5.11 Å². The molecule has 2 aromatic carbocycles. The van der Waals surface area contributed by atoms with Crippen LogP contribution in [0.5, 0.6) is 17.2 Å². The average Bonchev–Trinajstić information content (AvgIpc) is 2.48. The summed E-state index contributed by atoms with van der Waals surface area (Å²) in [6.45, 7) is 3.84. The Morgan fingerprint density at radius 2 is 1.81 bits per heavy atom. The minimum atomic E-state index is -0.0789. The Labute approximate surface area is 132 Å². The Bertz CT molecular complexity index is 653. The zero-order chi connectivity index (χ0) is 15.6. The second-order valence-electron chi connectivity index (χ2n) is 4.92. The van der Waals surface area contributed by atoms with Crippen molar-refractivity contribution in [1.29, 1.82) is 0 Å². The third-order valence-electron chi connectivity index (χ3n) is 3.13. The van der Waals surface area contributed by atoms with E-state index in [0.29, 0.717) is 17.2 Å². The largest absolute Gasteiger partial charge is 0.497 e. The van der Waals surface area contributed by atoms with Gasteiger partial charge in [-0.1, -0.05) is 0 Å². The first-order valence-electron chi connectivity index (χ1n) is 6.66. The first-order valence-corrected chi connectivity index (χ1v) is 7.45. The molecule has 0 atom stereocenters. The Hall–Kier alpha value is -1.46. The summed E-state index contributed by atoms with van der Waals surface area (Å²) in [6, 6.07) is 5.55. The number of ether oxygens (including phenoxy) is 3. The molecule has 0 bridgehead atoms. The van der Waals surface area contributed by atoms with E-state index in [-0.39, 0.29) is 12.7 Å². The Balaban J connectivity index is 2.84. The monoisotopic (exact) mass is 354 g/mol. The molecule has 0 aliphatic rings. The standard InChI is InChI=1S/C16H19BrO4/c1-9(2)21-14-5-10(8-18)16(17)12-6-11(19-3)7-13(20-4)15(12)14/h5-7,9,18H,8H2,1-4H3. The Morgan fingerprint density at radius 3 is 2.33 bits per heavy atom. The lowest BCUT2D eigenvalue weighted by Gasteiger charge is -2.18. The summed E-state index contributed by atoms with van der Waals surface area (Å²) in [5.41, 5.74) is 0.758. The molecule has 4 nitrogen and oxygen atoms in total. The van der Waals surface area contributed by atoms with Gasteiger partial charge in [-0.3, -0.25) is 0 Å². The smallest absolute Gasteiger partial charge is 0.134 e. The fraction of sp³-hybridized carbons (Fsp3) is 0.375. The van der Waals surface area contributed by atoms with Crippen LogP contribution in [0.25, 0.3) is 10.8 Å². The fourth-order valence-corrected chi connectivity index (χ4v) is 2.78. The van der Waals surface area contributed by atoms with E-state index < -0.39 is 0 Å². The molecule has 2 aromatic rings. The van der Waals surface area contributed by atoms with Crippen molar-refractivity contribution in [3.63, 3.8) is 0 Å². The quantitative estimate of drug-likeness (QED) is 0.884. The summed E-state index contributed by atoms with van der Waals surface area (Å²) in [7, 11) is 3.22. The molecule has 0 saturated heterocycles. The van der Waals surface area contributed by atoms with Gasteiger partial charge >= 0.3 is 0 Å². The predicted molar refractivity (Wildman–Crippen MR) is 86.4 cm³/mol. The molecule has 0 aromatic heterocycles. The topological polar surface area (TPSA) is 47.9 Å². The summed E-state index contributed by atoms with van der Waals surface area (Å²) in [5, 5.41) is 11.3.